The molecular formula is C18H21FN2O. The zero-order valence-electron chi connectivity index (χ0n) is 12.9. The lowest BCUT2D eigenvalue weighted by Gasteiger charge is -2.16. The van der Waals surface area contributed by atoms with Crippen molar-refractivity contribution in [1.82, 2.24) is 0 Å². The fraction of sp³-hybridized carbons (Fsp3) is 0.278. The van der Waals surface area contributed by atoms with Crippen LogP contribution in [-0.2, 0) is 4.79 Å². The van der Waals surface area contributed by atoms with E-state index in [-0.39, 0.29) is 18.3 Å². The molecule has 1 atom stereocenters. The third-order valence-corrected chi connectivity index (χ3v) is 3.68. The average Bonchev–Trinajstić information content (AvgIpc) is 2.54. The van der Waals surface area contributed by atoms with Crippen LogP contribution in [0.2, 0.25) is 0 Å². The Labute approximate surface area is 130 Å². The van der Waals surface area contributed by atoms with Gasteiger partial charge in [0.2, 0.25) is 5.91 Å². The zero-order valence-corrected chi connectivity index (χ0v) is 12.9. The van der Waals surface area contributed by atoms with Crippen LogP contribution < -0.4 is 10.6 Å². The van der Waals surface area contributed by atoms with Crippen molar-refractivity contribution in [2.75, 3.05) is 17.2 Å². The maximum absolute atomic E-state index is 12.8. The SMILES string of the molecule is CC[C@H](C)c1ccccc1NC(=O)CNc1ccc(F)cc1. The normalized spacial score (nSPS) is 11.8. The van der Waals surface area contributed by atoms with E-state index in [2.05, 4.69) is 24.5 Å². The second kappa shape index (κ2) is 7.59. The van der Waals surface area contributed by atoms with Gasteiger partial charge in [0, 0.05) is 11.4 Å². The lowest BCUT2D eigenvalue weighted by atomic mass is 9.97. The zero-order chi connectivity index (χ0) is 15.9. The summed E-state index contributed by atoms with van der Waals surface area (Å²) in [5.41, 5.74) is 2.70. The maximum atomic E-state index is 12.8. The van der Waals surface area contributed by atoms with E-state index in [0.29, 0.717) is 11.6 Å². The molecule has 0 radical (unpaired) electrons. The van der Waals surface area contributed by atoms with Crippen molar-refractivity contribution in [1.29, 1.82) is 0 Å². The van der Waals surface area contributed by atoms with Gasteiger partial charge >= 0.3 is 0 Å². The summed E-state index contributed by atoms with van der Waals surface area (Å²) in [5.74, 6) is -0.0286. The van der Waals surface area contributed by atoms with Gasteiger partial charge < -0.3 is 10.6 Å². The number of nitrogens with one attached hydrogen (secondary N) is 2. The minimum Gasteiger partial charge on any atom is -0.376 e. The highest BCUT2D eigenvalue weighted by molar-refractivity contribution is 5.94. The predicted molar refractivity (Wildman–Crippen MR) is 88.7 cm³/mol. The Morgan fingerprint density at radius 3 is 2.50 bits per heavy atom. The Morgan fingerprint density at radius 2 is 1.82 bits per heavy atom. The molecule has 22 heavy (non-hydrogen) atoms. The van der Waals surface area contributed by atoms with E-state index < -0.39 is 0 Å². The van der Waals surface area contributed by atoms with Crippen LogP contribution in [-0.4, -0.2) is 12.5 Å². The number of carbonyl (C=O) groups excluding carboxylic acids is 1. The first kappa shape index (κ1) is 16.0. The first-order valence-electron chi connectivity index (χ1n) is 7.48. The summed E-state index contributed by atoms with van der Waals surface area (Å²) in [6.07, 6.45) is 1.01. The Kier molecular flexibility index (Phi) is 5.53. The maximum Gasteiger partial charge on any atom is 0.243 e. The van der Waals surface area contributed by atoms with Crippen LogP contribution in [0.25, 0.3) is 0 Å². The molecule has 0 saturated carbocycles. The Balaban J connectivity index is 1.96. The van der Waals surface area contributed by atoms with Crippen molar-refractivity contribution < 1.29 is 9.18 Å². The smallest absolute Gasteiger partial charge is 0.243 e. The van der Waals surface area contributed by atoms with E-state index in [1.165, 1.54) is 12.1 Å². The minimum absolute atomic E-state index is 0.125. The van der Waals surface area contributed by atoms with Crippen molar-refractivity contribution in [3.8, 4) is 0 Å². The molecule has 4 heteroatoms. The molecule has 0 unspecified atom stereocenters. The van der Waals surface area contributed by atoms with Crippen molar-refractivity contribution in [2.45, 2.75) is 26.2 Å². The van der Waals surface area contributed by atoms with E-state index in [1.54, 1.807) is 12.1 Å². The number of carbonyl (C=O) groups is 1. The number of halogens is 1. The van der Waals surface area contributed by atoms with Crippen molar-refractivity contribution in [2.24, 2.45) is 0 Å². The molecule has 0 heterocycles. The third kappa shape index (κ3) is 4.32. The van der Waals surface area contributed by atoms with Gasteiger partial charge in [0.1, 0.15) is 5.82 Å². The van der Waals surface area contributed by atoms with Gasteiger partial charge in [-0.3, -0.25) is 4.79 Å². The largest absolute Gasteiger partial charge is 0.376 e. The molecule has 0 aliphatic rings. The number of hydrogen-bond acceptors (Lipinski definition) is 2. The predicted octanol–water partition coefficient (Wildman–Crippen LogP) is 4.39. The van der Waals surface area contributed by atoms with Gasteiger partial charge in [0.25, 0.3) is 0 Å². The molecule has 0 aliphatic heterocycles. The number of hydrogen-bond donors (Lipinski definition) is 2. The summed E-state index contributed by atoms with van der Waals surface area (Å²) in [6.45, 7) is 4.40. The first-order chi connectivity index (χ1) is 10.6. The molecule has 2 aromatic rings. The van der Waals surface area contributed by atoms with E-state index in [1.807, 2.05) is 24.3 Å². The van der Waals surface area contributed by atoms with Gasteiger partial charge in [-0.25, -0.2) is 4.39 Å². The van der Waals surface area contributed by atoms with Crippen molar-refractivity contribution >= 4 is 17.3 Å². The van der Waals surface area contributed by atoms with Gasteiger partial charge in [0.05, 0.1) is 6.54 Å². The summed E-state index contributed by atoms with van der Waals surface area (Å²) >= 11 is 0. The van der Waals surface area contributed by atoms with Crippen LogP contribution in [0.15, 0.2) is 48.5 Å². The second-order valence-corrected chi connectivity index (χ2v) is 5.31. The van der Waals surface area contributed by atoms with Gasteiger partial charge in [-0.2, -0.15) is 0 Å². The topological polar surface area (TPSA) is 41.1 Å². The fourth-order valence-corrected chi connectivity index (χ4v) is 2.20. The highest BCUT2D eigenvalue weighted by Gasteiger charge is 2.10. The monoisotopic (exact) mass is 300 g/mol. The van der Waals surface area contributed by atoms with Crippen molar-refractivity contribution in [3.05, 3.63) is 59.9 Å². The van der Waals surface area contributed by atoms with E-state index in [0.717, 1.165) is 17.7 Å². The lowest BCUT2D eigenvalue weighted by Crippen LogP contribution is -2.22. The molecule has 0 saturated heterocycles. The molecule has 2 rings (SSSR count). The Bertz CT molecular complexity index is 625. The molecule has 3 nitrogen and oxygen atoms in total. The van der Waals surface area contributed by atoms with Crippen LogP contribution in [0.4, 0.5) is 15.8 Å². The molecule has 0 fully saturated rings. The Hall–Kier alpha value is -2.36. The Morgan fingerprint density at radius 1 is 1.14 bits per heavy atom. The molecule has 1 amide bonds. The van der Waals surface area contributed by atoms with E-state index >= 15 is 0 Å². The fourth-order valence-electron chi connectivity index (χ4n) is 2.20. The molecule has 116 valence electrons. The number of rotatable bonds is 6. The van der Waals surface area contributed by atoms with Crippen LogP contribution in [0.5, 0.6) is 0 Å². The first-order valence-corrected chi connectivity index (χ1v) is 7.48. The molecule has 0 bridgehead atoms. The van der Waals surface area contributed by atoms with E-state index in [4.69, 9.17) is 0 Å². The van der Waals surface area contributed by atoms with Gasteiger partial charge in [-0.05, 0) is 48.2 Å². The average molecular weight is 300 g/mol. The van der Waals surface area contributed by atoms with Crippen LogP contribution in [0.1, 0.15) is 31.7 Å². The summed E-state index contributed by atoms with van der Waals surface area (Å²) in [4.78, 5) is 12.1. The molecular weight excluding hydrogens is 279 g/mol. The molecule has 2 aromatic carbocycles. The van der Waals surface area contributed by atoms with Crippen LogP contribution >= 0.6 is 0 Å². The highest BCUT2D eigenvalue weighted by atomic mass is 19.1. The highest BCUT2D eigenvalue weighted by Crippen LogP contribution is 2.26. The second-order valence-electron chi connectivity index (χ2n) is 5.31. The third-order valence-electron chi connectivity index (χ3n) is 3.68. The number of amides is 1. The number of anilines is 2. The molecule has 0 aliphatic carbocycles. The minimum atomic E-state index is -0.294. The molecule has 2 N–H and O–H groups in total. The lowest BCUT2D eigenvalue weighted by molar-refractivity contribution is -0.114. The van der Waals surface area contributed by atoms with Gasteiger partial charge in [-0.15, -0.1) is 0 Å². The standard InChI is InChI=1S/C18H21FN2O/c1-3-13(2)16-6-4-5-7-17(16)21-18(22)12-20-15-10-8-14(19)9-11-15/h4-11,13,20H,3,12H2,1-2H3,(H,21,22)/t13-/m0/s1. The van der Waals surface area contributed by atoms with Crippen LogP contribution in [0, 0.1) is 5.82 Å². The van der Waals surface area contributed by atoms with E-state index in [9.17, 15) is 9.18 Å². The summed E-state index contributed by atoms with van der Waals surface area (Å²) in [5, 5.41) is 5.91. The molecule has 0 spiro atoms. The van der Waals surface area contributed by atoms with Crippen LogP contribution in [0.3, 0.4) is 0 Å². The number of benzene rings is 2. The number of para-hydroxylation sites is 1. The van der Waals surface area contributed by atoms with Crippen molar-refractivity contribution in [3.63, 3.8) is 0 Å². The van der Waals surface area contributed by atoms with Gasteiger partial charge in [0.15, 0.2) is 0 Å². The summed E-state index contributed by atoms with van der Waals surface area (Å²) in [7, 11) is 0. The summed E-state index contributed by atoms with van der Waals surface area (Å²) in [6, 6.07) is 13.8. The molecule has 0 aromatic heterocycles. The quantitative estimate of drug-likeness (QED) is 0.830. The van der Waals surface area contributed by atoms with Gasteiger partial charge in [-0.1, -0.05) is 32.0 Å². The summed E-state index contributed by atoms with van der Waals surface area (Å²) < 4.78 is 12.8.